The molecule has 4 rings (SSSR count). The highest BCUT2D eigenvalue weighted by molar-refractivity contribution is 7.54. The van der Waals surface area contributed by atoms with Crippen LogP contribution in [0.1, 0.15) is 175 Å². The van der Waals surface area contributed by atoms with E-state index in [4.69, 9.17) is 27.6 Å². The van der Waals surface area contributed by atoms with E-state index >= 15 is 0 Å². The van der Waals surface area contributed by atoms with Gasteiger partial charge in [0.1, 0.15) is 20.5 Å². The lowest BCUT2D eigenvalue weighted by Crippen LogP contribution is -2.49. The fourth-order valence-electron chi connectivity index (χ4n) is 10.6. The standard InChI is InChI=1S/C27H49NO2Si.C20H36O2Si.C9H20NO4P/c1-20(14-12-16-24(28-29-9)25(2,3)4)21-17-18-22-23(15-13-19-27(21,22)8)30-31(10,11)26(5,6)7;1-15(12-14-21)16-10-11-17-18(9-8-13-20(16,17)5)22-23(6,7)19(2,3)4;1-9(2,3)8(10-12-4)7-15(11,13-5)14-6/h12,16-17,20,22-23H,13-15,18-19H2,1-11H3;10,14-15,17-18H,8-9,11-13H2,1-7H3;7H2,1-6H3/b16-12+,28-24?;;10-8+. The van der Waals surface area contributed by atoms with Gasteiger partial charge in [-0.15, -0.1) is 0 Å². The van der Waals surface area contributed by atoms with E-state index in [9.17, 15) is 9.36 Å². The summed E-state index contributed by atoms with van der Waals surface area (Å²) in [7, 11) is -0.762. The molecule has 0 aromatic carbocycles. The van der Waals surface area contributed by atoms with E-state index in [-0.39, 0.29) is 37.9 Å². The van der Waals surface area contributed by atoms with Crippen molar-refractivity contribution in [2.45, 2.75) is 223 Å². The van der Waals surface area contributed by atoms with Crippen LogP contribution in [0.4, 0.5) is 0 Å². The van der Waals surface area contributed by atoms with Gasteiger partial charge in [0.2, 0.25) is 0 Å². The molecule has 2 fully saturated rings. The van der Waals surface area contributed by atoms with Gasteiger partial charge in [-0.3, -0.25) is 4.57 Å². The zero-order valence-corrected chi connectivity index (χ0v) is 51.6. The predicted octanol–water partition coefficient (Wildman–Crippen LogP) is 16.4. The molecule has 4 aliphatic carbocycles. The Morgan fingerprint density at radius 1 is 0.696 bits per heavy atom. The first-order chi connectivity index (χ1) is 31.4. The second kappa shape index (κ2) is 25.0. The quantitative estimate of drug-likeness (QED) is 0.0353. The summed E-state index contributed by atoms with van der Waals surface area (Å²) in [6, 6.07) is 0. The lowest BCUT2D eigenvalue weighted by molar-refractivity contribution is -0.108. The third-order valence-corrected chi connectivity index (χ3v) is 27.9. The maximum Gasteiger partial charge on any atom is 0.335 e. The van der Waals surface area contributed by atoms with Gasteiger partial charge in [-0.1, -0.05) is 163 Å². The van der Waals surface area contributed by atoms with Crippen LogP contribution in [0.5, 0.6) is 0 Å². The zero-order valence-electron chi connectivity index (χ0n) is 48.7. The lowest BCUT2D eigenvalue weighted by atomic mass is 9.63. The van der Waals surface area contributed by atoms with Gasteiger partial charge >= 0.3 is 7.60 Å². The highest BCUT2D eigenvalue weighted by Gasteiger charge is 2.53. The molecule has 0 aromatic heterocycles. The van der Waals surface area contributed by atoms with E-state index in [1.807, 2.05) is 20.8 Å². The molecule has 2 saturated carbocycles. The van der Waals surface area contributed by atoms with E-state index in [1.54, 1.807) is 12.7 Å². The minimum atomic E-state index is -3.07. The van der Waals surface area contributed by atoms with Gasteiger partial charge in [-0.2, -0.15) is 0 Å². The Labute approximate surface area is 426 Å². The summed E-state index contributed by atoms with van der Waals surface area (Å²) in [4.78, 5) is 20.7. The number of carbonyl (C=O) groups excluding carboxylic acids is 1. The van der Waals surface area contributed by atoms with Crippen molar-refractivity contribution < 1.29 is 36.9 Å². The number of oxime groups is 2. The number of aldehydes is 1. The molecule has 69 heavy (non-hydrogen) atoms. The molecule has 0 amide bonds. The van der Waals surface area contributed by atoms with Crippen molar-refractivity contribution >= 4 is 41.9 Å². The van der Waals surface area contributed by atoms with Crippen LogP contribution in [0.25, 0.3) is 0 Å². The number of fused-ring (bicyclic) bond motifs is 2. The Morgan fingerprint density at radius 2 is 1.10 bits per heavy atom. The Bertz CT molecular complexity index is 1850. The van der Waals surface area contributed by atoms with Gasteiger partial charge < -0.3 is 32.4 Å². The molecule has 0 spiro atoms. The molecular weight excluding hydrogens is 916 g/mol. The molecule has 400 valence electrons. The van der Waals surface area contributed by atoms with E-state index in [0.29, 0.717) is 48.0 Å². The summed E-state index contributed by atoms with van der Waals surface area (Å²) in [5.41, 5.74) is 5.11. The molecule has 0 aromatic rings. The van der Waals surface area contributed by atoms with E-state index in [1.165, 1.54) is 71.8 Å². The smallest absolute Gasteiger partial charge is 0.335 e. The van der Waals surface area contributed by atoms with Crippen LogP contribution >= 0.6 is 7.60 Å². The average Bonchev–Trinajstić information content (AvgIpc) is 3.77. The van der Waals surface area contributed by atoms with Gasteiger partial charge in [0, 0.05) is 43.7 Å². The topological polar surface area (TPSA) is 114 Å². The van der Waals surface area contributed by atoms with Gasteiger partial charge in [0.25, 0.3) is 0 Å². The molecule has 0 saturated heterocycles. The van der Waals surface area contributed by atoms with Crippen molar-refractivity contribution in [3.63, 3.8) is 0 Å². The van der Waals surface area contributed by atoms with Crippen LogP contribution < -0.4 is 0 Å². The van der Waals surface area contributed by atoms with E-state index < -0.39 is 24.2 Å². The molecule has 10 nitrogen and oxygen atoms in total. The first-order valence-electron chi connectivity index (χ1n) is 26.2. The van der Waals surface area contributed by atoms with Crippen molar-refractivity contribution in [3.8, 4) is 0 Å². The molecular formula is C56H105N2O8PSi2. The van der Waals surface area contributed by atoms with Crippen molar-refractivity contribution in [3.05, 3.63) is 35.5 Å². The molecule has 0 heterocycles. The molecule has 8 atom stereocenters. The molecule has 0 aliphatic heterocycles. The Morgan fingerprint density at radius 3 is 1.43 bits per heavy atom. The Kier molecular flexibility index (Phi) is 23.0. The SMILES string of the molecule is CC(CC=O)C1=CCC2C(O[Si](C)(C)C(C)(C)C)CCCC12C.CO/N=C(\CP(=O)(OC)OC)C(C)(C)C.CON=C(/C=C/CC(C)C1=CCC2C(O[Si](C)(C)C(C)(C)C)CCCC12C)C(C)(C)C. The predicted molar refractivity (Wildman–Crippen MR) is 297 cm³/mol. The summed E-state index contributed by atoms with van der Waals surface area (Å²) < 4.78 is 35.4. The van der Waals surface area contributed by atoms with Crippen molar-refractivity contribution in [2.24, 2.45) is 55.6 Å². The molecule has 0 bridgehead atoms. The number of allylic oxidation sites excluding steroid dienone is 6. The van der Waals surface area contributed by atoms with Crippen LogP contribution in [-0.4, -0.2) is 81.2 Å². The molecule has 8 unspecified atom stereocenters. The number of hydrogen-bond acceptors (Lipinski definition) is 10. The van der Waals surface area contributed by atoms with Crippen LogP contribution in [0, 0.1) is 45.3 Å². The maximum absolute atomic E-state index is 11.9. The largest absolute Gasteiger partial charge is 0.414 e. The molecule has 4 aliphatic rings. The average molecular weight is 1020 g/mol. The molecule has 0 N–H and O–H groups in total. The van der Waals surface area contributed by atoms with Crippen LogP contribution in [0.15, 0.2) is 45.8 Å². The highest BCUT2D eigenvalue weighted by atomic mass is 31.2. The van der Waals surface area contributed by atoms with Crippen LogP contribution in [0.3, 0.4) is 0 Å². The van der Waals surface area contributed by atoms with Crippen molar-refractivity contribution in [1.82, 2.24) is 0 Å². The van der Waals surface area contributed by atoms with Crippen LogP contribution in [-0.2, 0) is 36.9 Å². The number of nitrogens with zero attached hydrogens (tertiary/aromatic N) is 2. The fourth-order valence-corrected chi connectivity index (χ4v) is 14.7. The van der Waals surface area contributed by atoms with Gasteiger partial charge in [0.15, 0.2) is 16.6 Å². The number of hydrogen-bond donors (Lipinski definition) is 0. The van der Waals surface area contributed by atoms with Gasteiger partial charge in [-0.25, -0.2) is 0 Å². The normalized spacial score (nSPS) is 27.2. The summed E-state index contributed by atoms with van der Waals surface area (Å²) >= 11 is 0. The van der Waals surface area contributed by atoms with E-state index in [0.717, 1.165) is 24.8 Å². The summed E-state index contributed by atoms with van der Waals surface area (Å²) in [6.45, 7) is 45.6. The first kappa shape index (κ1) is 63.4. The third kappa shape index (κ3) is 16.7. The van der Waals surface area contributed by atoms with E-state index in [2.05, 4.69) is 151 Å². The zero-order chi connectivity index (χ0) is 53.2. The third-order valence-electron chi connectivity index (χ3n) is 17.1. The summed E-state index contributed by atoms with van der Waals surface area (Å²) in [5.74, 6) is 2.17. The number of carbonyl (C=O) groups is 1. The molecule has 0 radical (unpaired) electrons. The van der Waals surface area contributed by atoms with Crippen molar-refractivity contribution in [1.29, 1.82) is 0 Å². The second-order valence-electron chi connectivity index (χ2n) is 26.3. The van der Waals surface area contributed by atoms with Crippen LogP contribution in [0.2, 0.25) is 36.3 Å². The second-order valence-corrected chi connectivity index (χ2v) is 38.1. The minimum absolute atomic E-state index is 0.0167. The first-order valence-corrected chi connectivity index (χ1v) is 33.8. The molecule has 13 heteroatoms. The summed E-state index contributed by atoms with van der Waals surface area (Å²) in [5, 5.41) is 8.63. The van der Waals surface area contributed by atoms with Gasteiger partial charge in [0.05, 0.1) is 17.6 Å². The van der Waals surface area contributed by atoms with Gasteiger partial charge in [-0.05, 0) is 122 Å². The maximum atomic E-state index is 11.9. The van der Waals surface area contributed by atoms with Crippen molar-refractivity contribution in [2.75, 3.05) is 34.6 Å². The monoisotopic (exact) mass is 1020 g/mol. The Balaban J connectivity index is 0.000000379. The fraction of sp³-hybridized carbons (Fsp3) is 0.839. The Hall–Kier alpha value is -1.67. The minimum Gasteiger partial charge on any atom is -0.414 e. The lowest BCUT2D eigenvalue weighted by Gasteiger charge is -2.49. The number of rotatable bonds is 17. The summed E-state index contributed by atoms with van der Waals surface area (Å²) in [6.07, 6.45) is 23.0. The highest BCUT2D eigenvalue weighted by Crippen LogP contribution is 2.58.